The highest BCUT2D eigenvalue weighted by Gasteiger charge is 1.90. The minimum atomic E-state index is -0.578. The van der Waals surface area contributed by atoms with Crippen molar-refractivity contribution in [2.45, 2.75) is 6.10 Å². The van der Waals surface area contributed by atoms with Crippen LogP contribution in [0, 0.1) is 0 Å². The summed E-state index contributed by atoms with van der Waals surface area (Å²) in [6, 6.07) is 0. The average Bonchev–Trinajstić information content (AvgIpc) is 1.83. The Balaban J connectivity index is 3.38. The van der Waals surface area contributed by atoms with Crippen LogP contribution in [-0.2, 0) is 0 Å². The van der Waals surface area contributed by atoms with Crippen LogP contribution in [0.25, 0.3) is 0 Å². The summed E-state index contributed by atoms with van der Waals surface area (Å²) >= 11 is 4.26. The first-order valence-electron chi connectivity index (χ1n) is 2.15. The van der Waals surface area contributed by atoms with Crippen LogP contribution in [0.2, 0.25) is 0 Å². The number of hydrogen-bond donors (Lipinski definition) is 1. The van der Waals surface area contributed by atoms with Crippen molar-refractivity contribution in [2.24, 2.45) is 4.99 Å². The second kappa shape index (κ2) is 4.65. The molecule has 0 aromatic carbocycles. The van der Waals surface area contributed by atoms with Crippen molar-refractivity contribution < 1.29 is 5.11 Å². The number of hydrogen-bond acceptors (Lipinski definition) is 3. The number of thiocarbonyl (C=S) groups is 1. The molecule has 0 heterocycles. The van der Waals surface area contributed by atoms with E-state index < -0.39 is 6.10 Å². The highest BCUT2D eigenvalue weighted by molar-refractivity contribution is 7.78. The van der Waals surface area contributed by atoms with Crippen molar-refractivity contribution in [1.82, 2.24) is 0 Å². The highest BCUT2D eigenvalue weighted by Crippen LogP contribution is 1.81. The fraction of sp³-hybridized carbons (Fsp3) is 0.400. The number of nitrogens with zero attached hydrogens (tertiary/aromatic N) is 1. The molecule has 3 heteroatoms. The Labute approximate surface area is 53.6 Å². The van der Waals surface area contributed by atoms with E-state index in [2.05, 4.69) is 29.0 Å². The first-order chi connectivity index (χ1) is 3.81. The summed E-state index contributed by atoms with van der Waals surface area (Å²) in [5, 5.41) is 10.8. The SMILES string of the molecule is C=C[C@H](O)CN=C=S. The molecule has 0 aromatic heterocycles. The summed E-state index contributed by atoms with van der Waals surface area (Å²) in [7, 11) is 0. The lowest BCUT2D eigenvalue weighted by Gasteiger charge is -1.94. The van der Waals surface area contributed by atoms with E-state index in [1.807, 2.05) is 0 Å². The van der Waals surface area contributed by atoms with Crippen LogP contribution in [0.4, 0.5) is 0 Å². The van der Waals surface area contributed by atoms with Crippen molar-refractivity contribution in [3.05, 3.63) is 12.7 Å². The van der Waals surface area contributed by atoms with E-state index >= 15 is 0 Å². The zero-order valence-corrected chi connectivity index (χ0v) is 5.19. The molecule has 0 amide bonds. The van der Waals surface area contributed by atoms with Gasteiger partial charge in [-0.05, 0) is 12.2 Å². The first-order valence-corrected chi connectivity index (χ1v) is 2.56. The van der Waals surface area contributed by atoms with Crippen molar-refractivity contribution in [3.8, 4) is 0 Å². The van der Waals surface area contributed by atoms with Gasteiger partial charge < -0.3 is 5.11 Å². The molecule has 1 N–H and O–H groups in total. The largest absolute Gasteiger partial charge is 0.387 e. The summed E-state index contributed by atoms with van der Waals surface area (Å²) < 4.78 is 0. The Kier molecular flexibility index (Phi) is 4.36. The molecule has 0 aliphatic rings. The lowest BCUT2D eigenvalue weighted by atomic mass is 10.4. The number of aliphatic imine (C=N–C) groups is 1. The molecule has 8 heavy (non-hydrogen) atoms. The summed E-state index contributed by atoms with van der Waals surface area (Å²) in [5.74, 6) is 0. The minimum absolute atomic E-state index is 0.271. The molecule has 0 aromatic rings. The van der Waals surface area contributed by atoms with E-state index in [-0.39, 0.29) is 6.54 Å². The van der Waals surface area contributed by atoms with Gasteiger partial charge in [-0.15, -0.1) is 6.58 Å². The highest BCUT2D eigenvalue weighted by atomic mass is 32.1. The second-order valence-corrected chi connectivity index (χ2v) is 1.42. The standard InChI is InChI=1S/C5H7NOS/c1-2-5(7)3-6-4-8/h2,5,7H,1,3H2/t5-/m0/s1. The van der Waals surface area contributed by atoms with Gasteiger partial charge in [0.05, 0.1) is 17.8 Å². The molecular weight excluding hydrogens is 122 g/mol. The Morgan fingerprint density at radius 1 is 2.00 bits per heavy atom. The maximum absolute atomic E-state index is 8.69. The van der Waals surface area contributed by atoms with E-state index in [9.17, 15) is 0 Å². The minimum Gasteiger partial charge on any atom is -0.387 e. The second-order valence-electron chi connectivity index (χ2n) is 1.24. The molecule has 0 radical (unpaired) electrons. The molecular formula is C5H7NOS. The van der Waals surface area contributed by atoms with Crippen LogP contribution in [0.5, 0.6) is 0 Å². The Morgan fingerprint density at radius 2 is 2.62 bits per heavy atom. The van der Waals surface area contributed by atoms with Crippen LogP contribution in [0.15, 0.2) is 17.6 Å². The molecule has 0 aliphatic heterocycles. The molecule has 44 valence electrons. The number of aliphatic hydroxyl groups excluding tert-OH is 1. The van der Waals surface area contributed by atoms with E-state index in [1.165, 1.54) is 6.08 Å². The van der Waals surface area contributed by atoms with Gasteiger partial charge in [0.2, 0.25) is 0 Å². The monoisotopic (exact) mass is 129 g/mol. The predicted molar refractivity (Wildman–Crippen MR) is 36.1 cm³/mol. The van der Waals surface area contributed by atoms with Gasteiger partial charge in [-0.25, -0.2) is 4.99 Å². The lowest BCUT2D eigenvalue weighted by Crippen LogP contribution is -2.04. The summed E-state index contributed by atoms with van der Waals surface area (Å²) in [4.78, 5) is 3.49. The first kappa shape index (κ1) is 7.50. The van der Waals surface area contributed by atoms with Gasteiger partial charge in [0.1, 0.15) is 0 Å². The third-order valence-electron chi connectivity index (χ3n) is 0.615. The maximum atomic E-state index is 8.69. The van der Waals surface area contributed by atoms with Gasteiger partial charge in [-0.1, -0.05) is 6.08 Å². The van der Waals surface area contributed by atoms with Crippen molar-refractivity contribution in [3.63, 3.8) is 0 Å². The van der Waals surface area contributed by atoms with E-state index in [0.717, 1.165) is 0 Å². The van der Waals surface area contributed by atoms with Gasteiger partial charge in [-0.2, -0.15) is 0 Å². The normalized spacial score (nSPS) is 11.6. The van der Waals surface area contributed by atoms with Crippen molar-refractivity contribution in [1.29, 1.82) is 0 Å². The smallest absolute Gasteiger partial charge is 0.0921 e. The topological polar surface area (TPSA) is 32.6 Å². The zero-order chi connectivity index (χ0) is 6.41. The third kappa shape index (κ3) is 3.68. The lowest BCUT2D eigenvalue weighted by molar-refractivity contribution is 0.233. The van der Waals surface area contributed by atoms with E-state index in [4.69, 9.17) is 5.11 Å². The predicted octanol–water partition coefficient (Wildman–Crippen LogP) is 0.636. The van der Waals surface area contributed by atoms with Crippen LogP contribution in [0.1, 0.15) is 0 Å². The Hall–Kier alpha value is -0.500. The van der Waals surface area contributed by atoms with Gasteiger partial charge in [-0.3, -0.25) is 0 Å². The fourth-order valence-corrected chi connectivity index (χ4v) is 0.280. The molecule has 0 rings (SSSR count). The Bertz CT molecular complexity index is 118. The fourth-order valence-electron chi connectivity index (χ4n) is 0.205. The van der Waals surface area contributed by atoms with Crippen LogP contribution in [-0.4, -0.2) is 22.9 Å². The summed E-state index contributed by atoms with van der Waals surface area (Å²) in [6.45, 7) is 3.61. The molecule has 0 fully saturated rings. The number of isothiocyanates is 1. The molecule has 2 nitrogen and oxygen atoms in total. The molecule has 0 unspecified atom stereocenters. The molecule has 0 saturated heterocycles. The summed E-state index contributed by atoms with van der Waals surface area (Å²) in [6.07, 6.45) is 0.821. The molecule has 1 atom stereocenters. The van der Waals surface area contributed by atoms with Gasteiger partial charge in [0.15, 0.2) is 0 Å². The van der Waals surface area contributed by atoms with Crippen molar-refractivity contribution in [2.75, 3.05) is 6.54 Å². The molecule has 0 spiro atoms. The van der Waals surface area contributed by atoms with Crippen molar-refractivity contribution >= 4 is 17.4 Å². The van der Waals surface area contributed by atoms with Gasteiger partial charge in [0, 0.05) is 0 Å². The molecule has 0 bridgehead atoms. The van der Waals surface area contributed by atoms with Crippen LogP contribution < -0.4 is 0 Å². The number of rotatable bonds is 3. The maximum Gasteiger partial charge on any atom is 0.0921 e. The van der Waals surface area contributed by atoms with E-state index in [0.29, 0.717) is 0 Å². The van der Waals surface area contributed by atoms with Gasteiger partial charge in [0.25, 0.3) is 0 Å². The number of aliphatic hydroxyl groups is 1. The summed E-state index contributed by atoms with van der Waals surface area (Å²) in [5.41, 5.74) is 0. The van der Waals surface area contributed by atoms with E-state index in [1.54, 1.807) is 0 Å². The molecule has 0 saturated carbocycles. The zero-order valence-electron chi connectivity index (χ0n) is 4.37. The Morgan fingerprint density at radius 3 is 3.00 bits per heavy atom. The van der Waals surface area contributed by atoms with Crippen LogP contribution >= 0.6 is 12.2 Å². The average molecular weight is 129 g/mol. The molecule has 0 aliphatic carbocycles. The third-order valence-corrected chi connectivity index (χ3v) is 0.744. The quantitative estimate of drug-likeness (QED) is 0.344. The van der Waals surface area contributed by atoms with Gasteiger partial charge >= 0.3 is 0 Å². The van der Waals surface area contributed by atoms with Crippen LogP contribution in [0.3, 0.4) is 0 Å².